The standard InChI is InChI=1S/C16H17FN2O3S/c1-12-6-3-4-9-15(12)18-16(20)11-19(23(2,21)22)14-8-5-7-13(17)10-14/h3-10H,11H2,1-2H3,(H,18,20). The van der Waals surface area contributed by atoms with Crippen LogP contribution in [0.15, 0.2) is 48.5 Å². The monoisotopic (exact) mass is 336 g/mol. The van der Waals surface area contributed by atoms with Crippen LogP contribution in [-0.4, -0.2) is 27.1 Å². The number of carbonyl (C=O) groups is 1. The lowest BCUT2D eigenvalue weighted by Crippen LogP contribution is -2.37. The molecule has 1 N–H and O–H groups in total. The van der Waals surface area contributed by atoms with Crippen LogP contribution < -0.4 is 9.62 Å². The van der Waals surface area contributed by atoms with Crippen molar-refractivity contribution in [2.75, 3.05) is 22.4 Å². The number of hydrogen-bond donors (Lipinski definition) is 1. The van der Waals surface area contributed by atoms with E-state index in [4.69, 9.17) is 0 Å². The summed E-state index contributed by atoms with van der Waals surface area (Å²) in [5.41, 5.74) is 1.56. The molecule has 0 saturated carbocycles. The Labute approximate surface area is 134 Å². The van der Waals surface area contributed by atoms with E-state index in [2.05, 4.69) is 5.32 Å². The molecule has 0 heterocycles. The quantitative estimate of drug-likeness (QED) is 0.912. The van der Waals surface area contributed by atoms with Gasteiger partial charge in [0.2, 0.25) is 15.9 Å². The van der Waals surface area contributed by atoms with Crippen molar-refractivity contribution in [2.24, 2.45) is 0 Å². The molecule has 2 aromatic rings. The summed E-state index contributed by atoms with van der Waals surface area (Å²) in [4.78, 5) is 12.2. The molecule has 0 unspecified atom stereocenters. The molecule has 7 heteroatoms. The highest BCUT2D eigenvalue weighted by atomic mass is 32.2. The summed E-state index contributed by atoms with van der Waals surface area (Å²) in [6.07, 6.45) is 0.971. The topological polar surface area (TPSA) is 66.5 Å². The number of nitrogens with one attached hydrogen (secondary N) is 1. The first-order valence-electron chi connectivity index (χ1n) is 6.86. The normalized spacial score (nSPS) is 11.1. The van der Waals surface area contributed by atoms with Crippen molar-refractivity contribution < 1.29 is 17.6 Å². The minimum Gasteiger partial charge on any atom is -0.324 e. The highest BCUT2D eigenvalue weighted by Crippen LogP contribution is 2.19. The van der Waals surface area contributed by atoms with E-state index in [-0.39, 0.29) is 5.69 Å². The van der Waals surface area contributed by atoms with Crippen LogP contribution in [0.1, 0.15) is 5.56 Å². The zero-order chi connectivity index (χ0) is 17.0. The van der Waals surface area contributed by atoms with Gasteiger partial charge in [0, 0.05) is 5.69 Å². The minimum absolute atomic E-state index is 0.104. The number of aryl methyl sites for hydroxylation is 1. The fourth-order valence-electron chi connectivity index (χ4n) is 2.06. The van der Waals surface area contributed by atoms with Crippen molar-refractivity contribution in [1.82, 2.24) is 0 Å². The van der Waals surface area contributed by atoms with Gasteiger partial charge in [0.15, 0.2) is 0 Å². The van der Waals surface area contributed by atoms with Gasteiger partial charge in [-0.25, -0.2) is 12.8 Å². The Morgan fingerprint density at radius 2 is 1.87 bits per heavy atom. The van der Waals surface area contributed by atoms with Crippen LogP contribution in [-0.2, 0) is 14.8 Å². The van der Waals surface area contributed by atoms with E-state index < -0.39 is 28.3 Å². The van der Waals surface area contributed by atoms with Gasteiger partial charge < -0.3 is 5.32 Å². The van der Waals surface area contributed by atoms with E-state index in [9.17, 15) is 17.6 Å². The predicted octanol–water partition coefficient (Wildman–Crippen LogP) is 2.54. The Bertz CT molecular complexity index is 822. The molecule has 0 saturated heterocycles. The molecule has 0 aliphatic carbocycles. The molecule has 0 aliphatic rings. The summed E-state index contributed by atoms with van der Waals surface area (Å²) < 4.78 is 38.0. The number of anilines is 2. The van der Waals surface area contributed by atoms with E-state index in [1.54, 1.807) is 12.1 Å². The zero-order valence-electron chi connectivity index (χ0n) is 12.8. The van der Waals surface area contributed by atoms with Gasteiger partial charge in [-0.1, -0.05) is 24.3 Å². The number of sulfonamides is 1. The summed E-state index contributed by atoms with van der Waals surface area (Å²) in [6, 6.07) is 12.3. The number of benzene rings is 2. The lowest BCUT2D eigenvalue weighted by Gasteiger charge is -2.22. The summed E-state index contributed by atoms with van der Waals surface area (Å²) in [5.74, 6) is -1.08. The van der Waals surface area contributed by atoms with E-state index >= 15 is 0 Å². The maximum atomic E-state index is 13.3. The minimum atomic E-state index is -3.73. The Morgan fingerprint density at radius 3 is 2.48 bits per heavy atom. The number of amides is 1. The number of para-hydroxylation sites is 1. The molecule has 0 bridgehead atoms. The molecule has 5 nitrogen and oxygen atoms in total. The second kappa shape index (κ2) is 6.78. The molecule has 0 fully saturated rings. The Morgan fingerprint density at radius 1 is 1.17 bits per heavy atom. The summed E-state index contributed by atoms with van der Waals surface area (Å²) >= 11 is 0. The van der Waals surface area contributed by atoms with Crippen LogP contribution in [0.4, 0.5) is 15.8 Å². The molecule has 0 spiro atoms. The number of hydrogen-bond acceptors (Lipinski definition) is 3. The average Bonchev–Trinajstić information content (AvgIpc) is 2.46. The van der Waals surface area contributed by atoms with Crippen molar-refractivity contribution >= 4 is 27.3 Å². The maximum Gasteiger partial charge on any atom is 0.245 e. The van der Waals surface area contributed by atoms with Crippen LogP contribution in [0.25, 0.3) is 0 Å². The number of carbonyl (C=O) groups excluding carboxylic acids is 1. The smallest absolute Gasteiger partial charge is 0.245 e. The fourth-order valence-corrected chi connectivity index (χ4v) is 2.91. The van der Waals surface area contributed by atoms with Gasteiger partial charge in [0.1, 0.15) is 12.4 Å². The van der Waals surface area contributed by atoms with E-state index in [0.29, 0.717) is 5.69 Å². The van der Waals surface area contributed by atoms with Gasteiger partial charge in [-0.15, -0.1) is 0 Å². The number of halogens is 1. The van der Waals surface area contributed by atoms with Gasteiger partial charge in [0.05, 0.1) is 11.9 Å². The van der Waals surface area contributed by atoms with Crippen molar-refractivity contribution in [2.45, 2.75) is 6.92 Å². The van der Waals surface area contributed by atoms with Crippen LogP contribution in [0, 0.1) is 12.7 Å². The first-order chi connectivity index (χ1) is 10.8. The highest BCUT2D eigenvalue weighted by Gasteiger charge is 2.21. The zero-order valence-corrected chi connectivity index (χ0v) is 13.6. The summed E-state index contributed by atoms with van der Waals surface area (Å²) in [6.45, 7) is 1.40. The molecule has 2 aromatic carbocycles. The van der Waals surface area contributed by atoms with Crippen molar-refractivity contribution in [3.63, 3.8) is 0 Å². The molecular formula is C16H17FN2O3S. The van der Waals surface area contributed by atoms with Crippen molar-refractivity contribution in [3.05, 3.63) is 59.9 Å². The number of nitrogens with zero attached hydrogens (tertiary/aromatic N) is 1. The largest absolute Gasteiger partial charge is 0.324 e. The SMILES string of the molecule is Cc1ccccc1NC(=O)CN(c1cccc(F)c1)S(C)(=O)=O. The lowest BCUT2D eigenvalue weighted by molar-refractivity contribution is -0.114. The molecule has 122 valence electrons. The third kappa shape index (κ3) is 4.53. The van der Waals surface area contributed by atoms with Crippen LogP contribution in [0.2, 0.25) is 0 Å². The summed E-state index contributed by atoms with van der Waals surface area (Å²) in [5, 5.41) is 2.66. The molecule has 0 aliphatic heterocycles. The fraction of sp³-hybridized carbons (Fsp3) is 0.188. The van der Waals surface area contributed by atoms with E-state index in [0.717, 1.165) is 22.2 Å². The third-order valence-electron chi connectivity index (χ3n) is 3.20. The van der Waals surface area contributed by atoms with Crippen molar-refractivity contribution in [3.8, 4) is 0 Å². The molecule has 0 aromatic heterocycles. The number of rotatable bonds is 5. The van der Waals surface area contributed by atoms with Crippen LogP contribution in [0.3, 0.4) is 0 Å². The van der Waals surface area contributed by atoms with Gasteiger partial charge in [0.25, 0.3) is 0 Å². The van der Waals surface area contributed by atoms with Crippen LogP contribution >= 0.6 is 0 Å². The third-order valence-corrected chi connectivity index (χ3v) is 4.34. The Kier molecular flexibility index (Phi) is 5.00. The predicted molar refractivity (Wildman–Crippen MR) is 88.4 cm³/mol. The lowest BCUT2D eigenvalue weighted by atomic mass is 10.2. The highest BCUT2D eigenvalue weighted by molar-refractivity contribution is 7.92. The molecule has 23 heavy (non-hydrogen) atoms. The van der Waals surface area contributed by atoms with E-state index in [1.807, 2.05) is 19.1 Å². The van der Waals surface area contributed by atoms with Gasteiger partial charge in [-0.05, 0) is 36.8 Å². The van der Waals surface area contributed by atoms with Crippen molar-refractivity contribution in [1.29, 1.82) is 0 Å². The second-order valence-corrected chi connectivity index (χ2v) is 7.02. The molecule has 1 amide bonds. The Hall–Kier alpha value is -2.41. The first kappa shape index (κ1) is 17.0. The van der Waals surface area contributed by atoms with Gasteiger partial charge in [-0.3, -0.25) is 9.10 Å². The molecule has 0 radical (unpaired) electrons. The van der Waals surface area contributed by atoms with Crippen LogP contribution in [0.5, 0.6) is 0 Å². The average molecular weight is 336 g/mol. The first-order valence-corrected chi connectivity index (χ1v) is 8.71. The molecular weight excluding hydrogens is 319 g/mol. The summed E-state index contributed by atoms with van der Waals surface area (Å²) in [7, 11) is -3.73. The Balaban J connectivity index is 2.22. The molecule has 0 atom stereocenters. The molecule has 2 rings (SSSR count). The van der Waals surface area contributed by atoms with Gasteiger partial charge >= 0.3 is 0 Å². The maximum absolute atomic E-state index is 13.3. The van der Waals surface area contributed by atoms with Gasteiger partial charge in [-0.2, -0.15) is 0 Å². The van der Waals surface area contributed by atoms with E-state index in [1.165, 1.54) is 18.2 Å². The second-order valence-electron chi connectivity index (χ2n) is 5.11.